The molecule has 24 heavy (non-hydrogen) atoms. The van der Waals surface area contributed by atoms with Gasteiger partial charge in [0.05, 0.1) is 6.10 Å². The third-order valence-corrected chi connectivity index (χ3v) is 4.37. The maximum atomic E-state index is 12.2. The Morgan fingerprint density at radius 2 is 2.00 bits per heavy atom. The standard InChI is InChI=1S/C19H22N2O3/c1-21-11-10-14(12-18(21)22)19(23)20-13-15-6-2-5-9-17(15)24-16-7-3-4-8-16/h2,5-6,9-12,16H,3-4,7-8,13H2,1H3,(H,20,23). The van der Waals surface area contributed by atoms with Gasteiger partial charge in [0.15, 0.2) is 0 Å². The molecule has 2 aromatic rings. The lowest BCUT2D eigenvalue weighted by Crippen LogP contribution is -2.26. The molecule has 0 radical (unpaired) electrons. The SMILES string of the molecule is Cn1ccc(C(=O)NCc2ccccc2OC2CCCC2)cc1=O. The molecule has 3 rings (SSSR count). The Hall–Kier alpha value is -2.56. The summed E-state index contributed by atoms with van der Waals surface area (Å²) in [5.41, 5.74) is 1.11. The molecule has 0 spiro atoms. The fraction of sp³-hybridized carbons (Fsp3) is 0.368. The molecule has 0 atom stereocenters. The van der Waals surface area contributed by atoms with Gasteiger partial charge in [-0.15, -0.1) is 0 Å². The normalized spacial score (nSPS) is 14.5. The predicted molar refractivity (Wildman–Crippen MR) is 92.2 cm³/mol. The zero-order valence-corrected chi connectivity index (χ0v) is 13.8. The molecule has 1 fully saturated rings. The number of benzene rings is 1. The number of pyridine rings is 1. The number of nitrogens with zero attached hydrogens (tertiary/aromatic N) is 1. The van der Waals surface area contributed by atoms with Crippen LogP contribution < -0.4 is 15.6 Å². The van der Waals surface area contributed by atoms with Crippen LogP contribution in [-0.2, 0) is 13.6 Å². The fourth-order valence-electron chi connectivity index (χ4n) is 2.92. The van der Waals surface area contributed by atoms with Crippen molar-refractivity contribution < 1.29 is 9.53 Å². The van der Waals surface area contributed by atoms with Gasteiger partial charge >= 0.3 is 0 Å². The Morgan fingerprint density at radius 3 is 2.75 bits per heavy atom. The number of aryl methyl sites for hydroxylation is 1. The van der Waals surface area contributed by atoms with Crippen LogP contribution in [0.4, 0.5) is 0 Å². The molecule has 5 heteroatoms. The van der Waals surface area contributed by atoms with Crippen LogP contribution >= 0.6 is 0 Å². The lowest BCUT2D eigenvalue weighted by atomic mass is 10.2. The number of nitrogens with one attached hydrogen (secondary N) is 1. The molecule has 0 unspecified atom stereocenters. The van der Waals surface area contributed by atoms with E-state index in [-0.39, 0.29) is 17.6 Å². The summed E-state index contributed by atoms with van der Waals surface area (Å²) in [6.45, 7) is 0.372. The average molecular weight is 326 g/mol. The number of carbonyl (C=O) groups excluding carboxylic acids is 1. The predicted octanol–water partition coefficient (Wildman–Crippen LogP) is 2.64. The molecular formula is C19H22N2O3. The molecule has 0 bridgehead atoms. The summed E-state index contributed by atoms with van der Waals surface area (Å²) in [6, 6.07) is 10.7. The van der Waals surface area contributed by atoms with Crippen LogP contribution in [0.25, 0.3) is 0 Å². The molecule has 1 aromatic carbocycles. The molecule has 126 valence electrons. The topological polar surface area (TPSA) is 60.3 Å². The summed E-state index contributed by atoms with van der Waals surface area (Å²) in [6.07, 6.45) is 6.48. The first kappa shape index (κ1) is 16.3. The van der Waals surface area contributed by atoms with Gasteiger partial charge in [0, 0.05) is 37.0 Å². The van der Waals surface area contributed by atoms with E-state index in [1.54, 1.807) is 19.3 Å². The highest BCUT2D eigenvalue weighted by molar-refractivity contribution is 5.93. The quantitative estimate of drug-likeness (QED) is 0.919. The van der Waals surface area contributed by atoms with E-state index in [0.29, 0.717) is 12.1 Å². The number of carbonyl (C=O) groups is 1. The summed E-state index contributed by atoms with van der Waals surface area (Å²) in [4.78, 5) is 23.9. The molecule has 5 nitrogen and oxygen atoms in total. The molecule has 1 aliphatic carbocycles. The first-order valence-corrected chi connectivity index (χ1v) is 8.33. The van der Waals surface area contributed by atoms with E-state index in [9.17, 15) is 9.59 Å². The van der Waals surface area contributed by atoms with Crippen LogP contribution in [0.2, 0.25) is 0 Å². The fourth-order valence-corrected chi connectivity index (χ4v) is 2.92. The van der Waals surface area contributed by atoms with Crippen molar-refractivity contribution in [2.75, 3.05) is 0 Å². The van der Waals surface area contributed by atoms with Crippen LogP contribution in [-0.4, -0.2) is 16.6 Å². The Morgan fingerprint density at radius 1 is 1.25 bits per heavy atom. The van der Waals surface area contributed by atoms with E-state index in [2.05, 4.69) is 5.32 Å². The minimum Gasteiger partial charge on any atom is -0.490 e. The van der Waals surface area contributed by atoms with Crippen LogP contribution in [0, 0.1) is 0 Å². The minimum absolute atomic E-state index is 0.201. The highest BCUT2D eigenvalue weighted by Crippen LogP contribution is 2.26. The van der Waals surface area contributed by atoms with Gasteiger partial charge in [-0.1, -0.05) is 18.2 Å². The van der Waals surface area contributed by atoms with E-state index in [0.717, 1.165) is 24.2 Å². The van der Waals surface area contributed by atoms with Crippen LogP contribution in [0.1, 0.15) is 41.6 Å². The van der Waals surface area contributed by atoms with Crippen molar-refractivity contribution in [1.29, 1.82) is 0 Å². The highest BCUT2D eigenvalue weighted by Gasteiger charge is 2.18. The van der Waals surface area contributed by atoms with Crippen molar-refractivity contribution in [3.8, 4) is 5.75 Å². The van der Waals surface area contributed by atoms with Crippen molar-refractivity contribution in [1.82, 2.24) is 9.88 Å². The average Bonchev–Trinajstić information content (AvgIpc) is 3.09. The van der Waals surface area contributed by atoms with Crippen LogP contribution in [0.3, 0.4) is 0 Å². The number of aromatic nitrogens is 1. The lowest BCUT2D eigenvalue weighted by Gasteiger charge is -2.16. The summed E-state index contributed by atoms with van der Waals surface area (Å²) in [5, 5.41) is 2.86. The van der Waals surface area contributed by atoms with E-state index < -0.39 is 0 Å². The van der Waals surface area contributed by atoms with Gasteiger partial charge in [-0.25, -0.2) is 0 Å². The first-order valence-electron chi connectivity index (χ1n) is 8.33. The second kappa shape index (κ2) is 7.34. The molecular weight excluding hydrogens is 304 g/mol. The molecule has 0 aliphatic heterocycles. The number of hydrogen-bond acceptors (Lipinski definition) is 3. The maximum absolute atomic E-state index is 12.2. The summed E-state index contributed by atoms with van der Waals surface area (Å²) >= 11 is 0. The van der Waals surface area contributed by atoms with Gasteiger partial charge in [-0.05, 0) is 37.8 Å². The first-order chi connectivity index (χ1) is 11.6. The van der Waals surface area contributed by atoms with Crippen molar-refractivity contribution in [3.05, 3.63) is 64.1 Å². The monoisotopic (exact) mass is 326 g/mol. The number of amides is 1. The molecule has 0 saturated heterocycles. The van der Waals surface area contributed by atoms with E-state index in [1.165, 1.54) is 23.5 Å². The lowest BCUT2D eigenvalue weighted by molar-refractivity contribution is 0.0950. The smallest absolute Gasteiger partial charge is 0.251 e. The van der Waals surface area contributed by atoms with Gasteiger partial charge < -0.3 is 14.6 Å². The summed E-state index contributed by atoms with van der Waals surface area (Å²) < 4.78 is 7.51. The van der Waals surface area contributed by atoms with Crippen molar-refractivity contribution in [2.45, 2.75) is 38.3 Å². The third kappa shape index (κ3) is 3.85. The van der Waals surface area contributed by atoms with Gasteiger partial charge in [-0.3, -0.25) is 9.59 Å². The Labute approximate surface area is 141 Å². The number of ether oxygens (including phenoxy) is 1. The number of hydrogen-bond donors (Lipinski definition) is 1. The molecule has 1 aromatic heterocycles. The summed E-state index contributed by atoms with van der Waals surface area (Å²) in [7, 11) is 1.65. The van der Waals surface area contributed by atoms with E-state index in [4.69, 9.17) is 4.74 Å². The van der Waals surface area contributed by atoms with Crippen LogP contribution in [0.15, 0.2) is 47.4 Å². The Bertz CT molecular complexity index is 776. The molecule has 1 N–H and O–H groups in total. The highest BCUT2D eigenvalue weighted by atomic mass is 16.5. The number of rotatable bonds is 5. The van der Waals surface area contributed by atoms with Gasteiger partial charge in [-0.2, -0.15) is 0 Å². The van der Waals surface area contributed by atoms with Gasteiger partial charge in [0.2, 0.25) is 0 Å². The van der Waals surface area contributed by atoms with Gasteiger partial charge in [0.25, 0.3) is 11.5 Å². The third-order valence-electron chi connectivity index (χ3n) is 4.37. The molecule has 1 heterocycles. The van der Waals surface area contributed by atoms with Crippen LogP contribution in [0.5, 0.6) is 5.75 Å². The largest absolute Gasteiger partial charge is 0.490 e. The number of para-hydroxylation sites is 1. The zero-order chi connectivity index (χ0) is 16.9. The Kier molecular flexibility index (Phi) is 4.99. The van der Waals surface area contributed by atoms with Crippen molar-refractivity contribution in [2.24, 2.45) is 7.05 Å². The van der Waals surface area contributed by atoms with E-state index >= 15 is 0 Å². The summed E-state index contributed by atoms with van der Waals surface area (Å²) in [5.74, 6) is 0.567. The van der Waals surface area contributed by atoms with Crippen molar-refractivity contribution >= 4 is 5.91 Å². The second-order valence-corrected chi connectivity index (χ2v) is 6.18. The molecule has 1 saturated carbocycles. The van der Waals surface area contributed by atoms with Crippen molar-refractivity contribution in [3.63, 3.8) is 0 Å². The van der Waals surface area contributed by atoms with E-state index in [1.807, 2.05) is 24.3 Å². The molecule has 1 amide bonds. The minimum atomic E-state index is -0.261. The second-order valence-electron chi connectivity index (χ2n) is 6.18. The van der Waals surface area contributed by atoms with Gasteiger partial charge in [0.1, 0.15) is 5.75 Å². The maximum Gasteiger partial charge on any atom is 0.251 e. The Balaban J connectivity index is 1.66. The molecule has 1 aliphatic rings. The zero-order valence-electron chi connectivity index (χ0n) is 13.8.